The molecule has 3 N–H and O–H groups in total. The highest BCUT2D eigenvalue weighted by Gasteiger charge is 2.10. The number of hydrogen-bond acceptors (Lipinski definition) is 5. The van der Waals surface area contributed by atoms with Gasteiger partial charge in [-0.05, 0) is 29.8 Å². The second-order valence-electron chi connectivity index (χ2n) is 6.31. The van der Waals surface area contributed by atoms with Crippen LogP contribution in [0.25, 0.3) is 11.4 Å². The van der Waals surface area contributed by atoms with Gasteiger partial charge in [0.05, 0.1) is 0 Å². The zero-order chi connectivity index (χ0) is 19.5. The highest BCUT2D eigenvalue weighted by molar-refractivity contribution is 7.80. The maximum Gasteiger partial charge on any atom is 0.262 e. The average molecular weight is 390 g/mol. The molecule has 0 saturated carbocycles. The topological polar surface area (TPSA) is 96.8 Å². The summed E-state index contributed by atoms with van der Waals surface area (Å²) in [6.45, 7) is 5.11. The zero-order valence-corrected chi connectivity index (χ0v) is 16.6. The van der Waals surface area contributed by atoms with E-state index in [2.05, 4.69) is 45.4 Å². The van der Waals surface area contributed by atoms with Crippen molar-refractivity contribution in [1.29, 1.82) is 0 Å². The monoisotopic (exact) mass is 389 g/mol. The van der Waals surface area contributed by atoms with Crippen LogP contribution in [0.2, 0.25) is 0 Å². The smallest absolute Gasteiger partial charge is 0.262 e. The number of nitrogens with one attached hydrogen (secondary N) is 3. The van der Waals surface area contributed by atoms with E-state index in [1.54, 1.807) is 0 Å². The molecular formula is C18H27N7OS. The number of hydrogen-bond donors (Lipinski definition) is 3. The van der Waals surface area contributed by atoms with Gasteiger partial charge in [0, 0.05) is 12.1 Å². The van der Waals surface area contributed by atoms with Crippen molar-refractivity contribution >= 4 is 23.2 Å². The first-order chi connectivity index (χ1) is 13.1. The number of benzene rings is 1. The van der Waals surface area contributed by atoms with Gasteiger partial charge in [-0.15, -0.1) is 10.2 Å². The van der Waals surface area contributed by atoms with Crippen LogP contribution in [0.3, 0.4) is 0 Å². The Hall–Kier alpha value is -2.55. The van der Waals surface area contributed by atoms with Gasteiger partial charge in [-0.2, -0.15) is 4.80 Å². The molecule has 1 atom stereocenters. The average Bonchev–Trinajstić information content (AvgIpc) is 3.15. The molecule has 0 saturated heterocycles. The molecule has 0 spiro atoms. The highest BCUT2D eigenvalue weighted by atomic mass is 32.1. The summed E-state index contributed by atoms with van der Waals surface area (Å²) >= 11 is 5.20. The van der Waals surface area contributed by atoms with Gasteiger partial charge in [-0.1, -0.05) is 63.4 Å². The Bertz CT molecular complexity index is 720. The minimum Gasteiger partial charge on any atom is -0.361 e. The van der Waals surface area contributed by atoms with Gasteiger partial charge in [-0.25, -0.2) is 0 Å². The highest BCUT2D eigenvalue weighted by Crippen LogP contribution is 2.12. The third kappa shape index (κ3) is 7.30. The van der Waals surface area contributed by atoms with Crippen molar-refractivity contribution in [2.45, 2.75) is 46.1 Å². The summed E-state index contributed by atoms with van der Waals surface area (Å²) in [5.74, 6) is 0.747. The van der Waals surface area contributed by atoms with E-state index in [9.17, 15) is 4.79 Å². The fourth-order valence-electron chi connectivity index (χ4n) is 2.53. The number of thiocarbonyl (C=S) groups is 1. The lowest BCUT2D eigenvalue weighted by Gasteiger charge is -2.17. The van der Waals surface area contributed by atoms with Crippen molar-refractivity contribution < 1.29 is 4.79 Å². The van der Waals surface area contributed by atoms with Crippen LogP contribution >= 0.6 is 12.2 Å². The third-order valence-electron chi connectivity index (χ3n) is 4.18. The van der Waals surface area contributed by atoms with Crippen molar-refractivity contribution in [2.75, 3.05) is 6.54 Å². The quantitative estimate of drug-likeness (QED) is 0.446. The van der Waals surface area contributed by atoms with Crippen LogP contribution in [0.5, 0.6) is 0 Å². The molecule has 2 aromatic rings. The molecule has 8 nitrogen and oxygen atoms in total. The van der Waals surface area contributed by atoms with Gasteiger partial charge in [0.15, 0.2) is 5.11 Å². The van der Waals surface area contributed by atoms with Crippen LogP contribution in [-0.4, -0.2) is 37.8 Å². The third-order valence-corrected chi connectivity index (χ3v) is 4.43. The van der Waals surface area contributed by atoms with E-state index in [-0.39, 0.29) is 12.5 Å². The predicted molar refractivity (Wildman–Crippen MR) is 108 cm³/mol. The summed E-state index contributed by atoms with van der Waals surface area (Å²) in [6, 6.07) is 9.47. The van der Waals surface area contributed by atoms with Crippen LogP contribution < -0.4 is 16.2 Å². The standard InChI is InChI=1S/C18H27N7OS/c1-3-5-9-14(4-2)12-19-18(27)22-20-16(26)13-25-23-17(21-24-25)15-10-7-6-8-11-15/h6-8,10-11,14H,3-5,9,12-13H2,1-2H3,(H,20,26)(H2,19,22,27)/t14-/m1/s1. The number of amides is 1. The molecule has 1 amide bonds. The molecule has 0 bridgehead atoms. The fraction of sp³-hybridized carbons (Fsp3) is 0.500. The van der Waals surface area contributed by atoms with Gasteiger partial charge < -0.3 is 5.32 Å². The summed E-state index contributed by atoms with van der Waals surface area (Å²) in [5.41, 5.74) is 6.10. The molecule has 0 radical (unpaired) electrons. The van der Waals surface area contributed by atoms with E-state index < -0.39 is 0 Å². The Kier molecular flexibility index (Phi) is 8.63. The van der Waals surface area contributed by atoms with Crippen LogP contribution in [0, 0.1) is 5.92 Å². The van der Waals surface area contributed by atoms with Gasteiger partial charge in [0.25, 0.3) is 5.91 Å². The summed E-state index contributed by atoms with van der Waals surface area (Å²) in [4.78, 5) is 13.3. The predicted octanol–water partition coefficient (Wildman–Crippen LogP) is 2.05. The SMILES string of the molecule is CCCC[C@@H](CC)CNC(=S)NNC(=O)Cn1nnc(-c2ccccc2)n1. The number of carbonyl (C=O) groups is 1. The Morgan fingerprint density at radius 1 is 1.22 bits per heavy atom. The van der Waals surface area contributed by atoms with E-state index in [4.69, 9.17) is 12.2 Å². The van der Waals surface area contributed by atoms with Crippen molar-refractivity contribution in [1.82, 2.24) is 36.4 Å². The molecule has 2 rings (SSSR count). The van der Waals surface area contributed by atoms with E-state index >= 15 is 0 Å². The lowest BCUT2D eigenvalue weighted by atomic mass is 9.99. The number of aromatic nitrogens is 4. The number of nitrogens with zero attached hydrogens (tertiary/aromatic N) is 4. The van der Waals surface area contributed by atoms with E-state index in [0.29, 0.717) is 16.9 Å². The van der Waals surface area contributed by atoms with Crippen LogP contribution in [0.15, 0.2) is 30.3 Å². The summed E-state index contributed by atoms with van der Waals surface area (Å²) in [5, 5.41) is 15.6. The number of tetrazole rings is 1. The van der Waals surface area contributed by atoms with Crippen LogP contribution in [-0.2, 0) is 11.3 Å². The van der Waals surface area contributed by atoms with E-state index in [1.165, 1.54) is 24.1 Å². The first kappa shape index (κ1) is 20.8. The molecule has 0 unspecified atom stereocenters. The lowest BCUT2D eigenvalue weighted by Crippen LogP contribution is -2.48. The largest absolute Gasteiger partial charge is 0.361 e. The van der Waals surface area contributed by atoms with Crippen molar-refractivity contribution in [2.24, 2.45) is 5.92 Å². The normalized spacial score (nSPS) is 11.6. The molecule has 0 aliphatic carbocycles. The molecule has 146 valence electrons. The summed E-state index contributed by atoms with van der Waals surface area (Å²) < 4.78 is 0. The molecule has 9 heteroatoms. The first-order valence-corrected chi connectivity index (χ1v) is 9.69. The van der Waals surface area contributed by atoms with E-state index in [0.717, 1.165) is 18.5 Å². The van der Waals surface area contributed by atoms with Crippen molar-refractivity contribution in [3.63, 3.8) is 0 Å². The molecular weight excluding hydrogens is 362 g/mol. The molecule has 1 aromatic heterocycles. The van der Waals surface area contributed by atoms with Crippen molar-refractivity contribution in [3.8, 4) is 11.4 Å². The van der Waals surface area contributed by atoms with E-state index in [1.807, 2.05) is 30.3 Å². The number of hydrazine groups is 1. The van der Waals surface area contributed by atoms with Gasteiger partial charge in [-0.3, -0.25) is 15.6 Å². The van der Waals surface area contributed by atoms with Crippen LogP contribution in [0.4, 0.5) is 0 Å². The Morgan fingerprint density at radius 2 is 2.00 bits per heavy atom. The molecule has 0 fully saturated rings. The number of carbonyl (C=O) groups excluding carboxylic acids is 1. The number of rotatable bonds is 9. The van der Waals surface area contributed by atoms with Crippen molar-refractivity contribution in [3.05, 3.63) is 30.3 Å². The molecule has 0 aliphatic heterocycles. The molecule has 1 aromatic carbocycles. The first-order valence-electron chi connectivity index (χ1n) is 9.28. The molecule has 0 aliphatic rings. The molecule has 27 heavy (non-hydrogen) atoms. The van der Waals surface area contributed by atoms with Gasteiger partial charge in [0.1, 0.15) is 6.54 Å². The maximum absolute atomic E-state index is 12.0. The van der Waals surface area contributed by atoms with Crippen LogP contribution in [0.1, 0.15) is 39.5 Å². The minimum atomic E-state index is -0.311. The van der Waals surface area contributed by atoms with Gasteiger partial charge in [0.2, 0.25) is 5.82 Å². The van der Waals surface area contributed by atoms with Gasteiger partial charge >= 0.3 is 0 Å². The fourth-order valence-corrected chi connectivity index (χ4v) is 2.67. The number of unbranched alkanes of at least 4 members (excludes halogenated alkanes) is 1. The second-order valence-corrected chi connectivity index (χ2v) is 6.72. The summed E-state index contributed by atoms with van der Waals surface area (Å²) in [6.07, 6.45) is 4.69. The molecule has 1 heterocycles. The Morgan fingerprint density at radius 3 is 2.70 bits per heavy atom. The minimum absolute atomic E-state index is 0.0521. The zero-order valence-electron chi connectivity index (χ0n) is 15.8. The lowest BCUT2D eigenvalue weighted by molar-refractivity contribution is -0.122. The summed E-state index contributed by atoms with van der Waals surface area (Å²) in [7, 11) is 0. The second kappa shape index (κ2) is 11.2. The maximum atomic E-state index is 12.0. The Balaban J connectivity index is 1.71. The Labute approximate surface area is 165 Å².